The molecule has 1 saturated carbocycles. The number of carbonyl (C=O) groups excluding carboxylic acids is 1. The molecule has 34 heavy (non-hydrogen) atoms. The Morgan fingerprint density at radius 1 is 1.18 bits per heavy atom. The van der Waals surface area contributed by atoms with E-state index >= 15 is 0 Å². The Morgan fingerprint density at radius 3 is 2.62 bits per heavy atom. The van der Waals surface area contributed by atoms with Gasteiger partial charge in [0.05, 0.1) is 5.39 Å². The van der Waals surface area contributed by atoms with Gasteiger partial charge >= 0.3 is 6.09 Å². The zero-order valence-corrected chi connectivity index (χ0v) is 20.3. The van der Waals surface area contributed by atoms with Crippen LogP contribution in [0.4, 0.5) is 15.0 Å². The van der Waals surface area contributed by atoms with Gasteiger partial charge in [-0.3, -0.25) is 0 Å². The molecule has 5 rings (SSSR count). The molecule has 0 bridgehead atoms. The van der Waals surface area contributed by atoms with Crippen LogP contribution in [0, 0.1) is 5.82 Å². The molecule has 1 atom stereocenters. The fourth-order valence-corrected chi connectivity index (χ4v) is 4.91. The van der Waals surface area contributed by atoms with Crippen molar-refractivity contribution < 1.29 is 13.9 Å². The molecule has 1 aromatic carbocycles. The van der Waals surface area contributed by atoms with Crippen LogP contribution < -0.4 is 4.90 Å². The van der Waals surface area contributed by atoms with E-state index in [-0.39, 0.29) is 18.0 Å². The van der Waals surface area contributed by atoms with Gasteiger partial charge in [-0.25, -0.2) is 19.2 Å². The summed E-state index contributed by atoms with van der Waals surface area (Å²) < 4.78 is 21.6. The van der Waals surface area contributed by atoms with E-state index in [1.165, 1.54) is 24.1 Å². The Hall–Kier alpha value is -3.16. The number of nitrogens with zero attached hydrogens (tertiary/aromatic N) is 5. The van der Waals surface area contributed by atoms with Gasteiger partial charge in [0.1, 0.15) is 29.2 Å². The van der Waals surface area contributed by atoms with E-state index in [0.717, 1.165) is 35.4 Å². The summed E-state index contributed by atoms with van der Waals surface area (Å²) in [6.07, 6.45) is 6.91. The summed E-state index contributed by atoms with van der Waals surface area (Å²) >= 11 is 0. The van der Waals surface area contributed by atoms with Crippen LogP contribution in [0.25, 0.3) is 16.7 Å². The first-order chi connectivity index (χ1) is 16.2. The third kappa shape index (κ3) is 4.21. The molecular formula is C26H32FN5O2. The number of ether oxygens (including phenoxy) is 1. The van der Waals surface area contributed by atoms with Gasteiger partial charge in [-0.1, -0.05) is 12.5 Å². The molecule has 1 aliphatic carbocycles. The lowest BCUT2D eigenvalue weighted by Gasteiger charge is -2.41. The third-order valence-corrected chi connectivity index (χ3v) is 6.77. The summed E-state index contributed by atoms with van der Waals surface area (Å²) in [4.78, 5) is 26.0. The van der Waals surface area contributed by atoms with E-state index < -0.39 is 5.60 Å². The summed E-state index contributed by atoms with van der Waals surface area (Å²) in [6, 6.07) is 6.67. The highest BCUT2D eigenvalue weighted by molar-refractivity contribution is 5.93. The first-order valence-electron chi connectivity index (χ1n) is 12.1. The number of benzene rings is 1. The lowest BCUT2D eigenvalue weighted by atomic mass is 9.80. The molecule has 1 saturated heterocycles. The number of anilines is 1. The smallest absolute Gasteiger partial charge is 0.410 e. The highest BCUT2D eigenvalue weighted by Crippen LogP contribution is 2.43. The molecule has 180 valence electrons. The van der Waals surface area contributed by atoms with Crippen molar-refractivity contribution in [3.63, 3.8) is 0 Å². The Bertz CT molecular complexity index is 1210. The normalized spacial score (nSPS) is 19.4. The number of rotatable bonds is 3. The molecule has 3 heterocycles. The predicted molar refractivity (Wildman–Crippen MR) is 130 cm³/mol. The molecule has 2 aliphatic rings. The van der Waals surface area contributed by atoms with Crippen molar-refractivity contribution in [1.82, 2.24) is 19.4 Å². The Labute approximate surface area is 199 Å². The van der Waals surface area contributed by atoms with Crippen molar-refractivity contribution in [2.24, 2.45) is 0 Å². The molecular weight excluding hydrogens is 433 g/mol. The zero-order chi connectivity index (χ0) is 24.0. The standard InChI is InChI=1S/C26H32FN5O2/c1-17-14-30(25(33)34-26(2,3)4)11-12-31(17)23-22-21(18-7-5-8-18)15-32(24(22)29-16-28-23)20-10-6-9-19(27)13-20/h6,9-10,13,15-18H,5,7-8,11-12,14H2,1-4H3/t17-/m0/s1. The summed E-state index contributed by atoms with van der Waals surface area (Å²) in [6.45, 7) is 9.53. The fourth-order valence-electron chi connectivity index (χ4n) is 4.91. The van der Waals surface area contributed by atoms with E-state index in [0.29, 0.717) is 25.6 Å². The number of aromatic nitrogens is 3. The largest absolute Gasteiger partial charge is 0.444 e. The van der Waals surface area contributed by atoms with E-state index in [9.17, 15) is 9.18 Å². The van der Waals surface area contributed by atoms with Crippen LogP contribution in [0.5, 0.6) is 0 Å². The van der Waals surface area contributed by atoms with Gasteiger partial charge in [-0.2, -0.15) is 0 Å². The van der Waals surface area contributed by atoms with Crippen molar-refractivity contribution in [2.75, 3.05) is 24.5 Å². The molecule has 1 aliphatic heterocycles. The second kappa shape index (κ2) is 8.56. The minimum Gasteiger partial charge on any atom is -0.444 e. The number of carbonyl (C=O) groups is 1. The summed E-state index contributed by atoms with van der Waals surface area (Å²) in [5.74, 6) is 1.07. The van der Waals surface area contributed by atoms with Crippen molar-refractivity contribution in [1.29, 1.82) is 0 Å². The average Bonchev–Trinajstić information content (AvgIpc) is 3.11. The van der Waals surface area contributed by atoms with E-state index in [4.69, 9.17) is 9.72 Å². The van der Waals surface area contributed by atoms with Gasteiger partial charge in [-0.05, 0) is 70.2 Å². The predicted octanol–water partition coefficient (Wildman–Crippen LogP) is 5.27. The van der Waals surface area contributed by atoms with Crippen LogP contribution in [0.1, 0.15) is 58.4 Å². The molecule has 3 aromatic rings. The van der Waals surface area contributed by atoms with Gasteiger partial charge in [-0.15, -0.1) is 0 Å². The van der Waals surface area contributed by atoms with Gasteiger partial charge < -0.3 is 19.1 Å². The van der Waals surface area contributed by atoms with Crippen LogP contribution in [0.3, 0.4) is 0 Å². The highest BCUT2D eigenvalue weighted by atomic mass is 19.1. The lowest BCUT2D eigenvalue weighted by molar-refractivity contribution is 0.0218. The first-order valence-corrected chi connectivity index (χ1v) is 12.1. The molecule has 0 N–H and O–H groups in total. The number of hydrogen-bond donors (Lipinski definition) is 0. The topological polar surface area (TPSA) is 63.5 Å². The van der Waals surface area contributed by atoms with Gasteiger partial charge in [0.25, 0.3) is 0 Å². The van der Waals surface area contributed by atoms with Crippen molar-refractivity contribution in [2.45, 2.75) is 64.5 Å². The van der Waals surface area contributed by atoms with E-state index in [1.807, 2.05) is 31.4 Å². The molecule has 0 radical (unpaired) electrons. The van der Waals surface area contributed by atoms with Gasteiger partial charge in [0.2, 0.25) is 0 Å². The van der Waals surface area contributed by atoms with E-state index in [2.05, 4.69) is 23.0 Å². The van der Waals surface area contributed by atoms with Crippen LogP contribution >= 0.6 is 0 Å². The fraction of sp³-hybridized carbons (Fsp3) is 0.500. The average molecular weight is 466 g/mol. The number of hydrogen-bond acceptors (Lipinski definition) is 5. The number of halogens is 1. The number of piperazine rings is 1. The van der Waals surface area contributed by atoms with Crippen LogP contribution in [-0.4, -0.2) is 56.8 Å². The second-order valence-corrected chi connectivity index (χ2v) is 10.4. The first kappa shape index (κ1) is 22.6. The number of fused-ring (bicyclic) bond motifs is 1. The minimum absolute atomic E-state index is 0.0612. The molecule has 8 heteroatoms. The Kier molecular flexibility index (Phi) is 5.70. The maximum absolute atomic E-state index is 14.0. The summed E-state index contributed by atoms with van der Waals surface area (Å²) in [7, 11) is 0. The maximum atomic E-state index is 14.0. The lowest BCUT2D eigenvalue weighted by Crippen LogP contribution is -2.54. The van der Waals surface area contributed by atoms with Crippen molar-refractivity contribution >= 4 is 22.9 Å². The van der Waals surface area contributed by atoms with Crippen molar-refractivity contribution in [3.05, 3.63) is 48.2 Å². The minimum atomic E-state index is -0.520. The van der Waals surface area contributed by atoms with Crippen molar-refractivity contribution in [3.8, 4) is 5.69 Å². The van der Waals surface area contributed by atoms with Gasteiger partial charge in [0, 0.05) is 37.6 Å². The second-order valence-electron chi connectivity index (χ2n) is 10.4. The monoisotopic (exact) mass is 465 g/mol. The molecule has 2 fully saturated rings. The van der Waals surface area contributed by atoms with Crippen LogP contribution in [0.15, 0.2) is 36.8 Å². The van der Waals surface area contributed by atoms with E-state index in [1.54, 1.807) is 17.3 Å². The van der Waals surface area contributed by atoms with Gasteiger partial charge in [0.15, 0.2) is 0 Å². The highest BCUT2D eigenvalue weighted by Gasteiger charge is 2.33. The molecule has 0 unspecified atom stereocenters. The molecule has 2 aromatic heterocycles. The third-order valence-electron chi connectivity index (χ3n) is 6.77. The molecule has 7 nitrogen and oxygen atoms in total. The zero-order valence-electron chi connectivity index (χ0n) is 20.3. The summed E-state index contributed by atoms with van der Waals surface area (Å²) in [5.41, 5.74) is 2.25. The SMILES string of the molecule is C[C@H]1CN(C(=O)OC(C)(C)C)CCN1c1ncnc2c1c(C1CCC1)cn2-c1cccc(F)c1. The summed E-state index contributed by atoms with van der Waals surface area (Å²) in [5, 5.41) is 1.04. The Balaban J connectivity index is 1.51. The Morgan fingerprint density at radius 2 is 1.97 bits per heavy atom. The van der Waals surface area contributed by atoms with Crippen LogP contribution in [-0.2, 0) is 4.74 Å². The maximum Gasteiger partial charge on any atom is 0.410 e. The molecule has 0 spiro atoms. The quantitative estimate of drug-likeness (QED) is 0.527. The van der Waals surface area contributed by atoms with Crippen LogP contribution in [0.2, 0.25) is 0 Å². The molecule has 1 amide bonds. The number of amides is 1.